The Kier molecular flexibility index (Phi) is 5.35. The number of hydrogen-bond acceptors (Lipinski definition) is 5. The Morgan fingerprint density at radius 1 is 1.36 bits per heavy atom. The molecule has 2 N–H and O–H groups in total. The van der Waals surface area contributed by atoms with Gasteiger partial charge in [-0.1, -0.05) is 12.1 Å². The van der Waals surface area contributed by atoms with Gasteiger partial charge in [-0.2, -0.15) is 5.10 Å². The summed E-state index contributed by atoms with van der Waals surface area (Å²) in [6, 6.07) is 7.44. The zero-order chi connectivity index (χ0) is 15.9. The average molecular weight is 303 g/mol. The van der Waals surface area contributed by atoms with Crippen LogP contribution in [-0.4, -0.2) is 40.4 Å². The van der Waals surface area contributed by atoms with Crippen LogP contribution in [0.1, 0.15) is 19.9 Å². The van der Waals surface area contributed by atoms with E-state index in [-0.39, 0.29) is 24.5 Å². The lowest BCUT2D eigenvalue weighted by Crippen LogP contribution is -2.41. The number of carbonyl (C=O) groups excluding carboxylic acids is 1. The Balaban J connectivity index is 1.85. The van der Waals surface area contributed by atoms with Crippen molar-refractivity contribution in [1.82, 2.24) is 20.1 Å². The molecule has 1 amide bonds. The summed E-state index contributed by atoms with van der Waals surface area (Å²) < 4.78 is 6.95. The van der Waals surface area contributed by atoms with Gasteiger partial charge in [0.1, 0.15) is 18.4 Å². The largest absolute Gasteiger partial charge is 0.495 e. The number of ether oxygens (including phenoxy) is 1. The van der Waals surface area contributed by atoms with E-state index in [4.69, 9.17) is 4.74 Å². The molecule has 0 aliphatic heterocycles. The van der Waals surface area contributed by atoms with Crippen LogP contribution >= 0.6 is 0 Å². The van der Waals surface area contributed by atoms with E-state index >= 15 is 0 Å². The van der Waals surface area contributed by atoms with Gasteiger partial charge in [-0.3, -0.25) is 4.79 Å². The second kappa shape index (κ2) is 7.44. The van der Waals surface area contributed by atoms with Crippen molar-refractivity contribution in [3.63, 3.8) is 0 Å². The highest BCUT2D eigenvalue weighted by molar-refractivity contribution is 5.81. The van der Waals surface area contributed by atoms with E-state index < -0.39 is 0 Å². The third kappa shape index (κ3) is 3.97. The van der Waals surface area contributed by atoms with Gasteiger partial charge in [-0.05, 0) is 26.0 Å². The second-order valence-electron chi connectivity index (χ2n) is 5.03. The van der Waals surface area contributed by atoms with Crippen molar-refractivity contribution in [1.29, 1.82) is 0 Å². The monoisotopic (exact) mass is 303 g/mol. The van der Waals surface area contributed by atoms with Crippen LogP contribution in [0.4, 0.5) is 5.69 Å². The minimum absolute atomic E-state index is 0.0257. The normalized spacial score (nSPS) is 13.2. The van der Waals surface area contributed by atoms with Crippen LogP contribution in [0.25, 0.3) is 0 Å². The van der Waals surface area contributed by atoms with Gasteiger partial charge in [0.2, 0.25) is 5.91 Å². The van der Waals surface area contributed by atoms with Gasteiger partial charge >= 0.3 is 0 Å². The maximum Gasteiger partial charge on any atom is 0.239 e. The van der Waals surface area contributed by atoms with Crippen LogP contribution in [0.15, 0.2) is 36.9 Å². The number of anilines is 1. The van der Waals surface area contributed by atoms with E-state index in [0.717, 1.165) is 5.69 Å². The fourth-order valence-corrected chi connectivity index (χ4v) is 2.05. The first-order valence-corrected chi connectivity index (χ1v) is 7.12. The number of methoxy groups -OCH3 is 1. The molecule has 2 atom stereocenters. The highest BCUT2D eigenvalue weighted by Gasteiger charge is 2.16. The SMILES string of the molecule is COc1ccccc1NCC(=O)N[C@@H](C)[C@H](C)n1cncn1. The second-order valence-corrected chi connectivity index (χ2v) is 5.03. The number of aromatic nitrogens is 3. The molecular weight excluding hydrogens is 282 g/mol. The number of carbonyl (C=O) groups is 1. The smallest absolute Gasteiger partial charge is 0.239 e. The van der Waals surface area contributed by atoms with E-state index in [2.05, 4.69) is 20.7 Å². The van der Waals surface area contributed by atoms with Gasteiger partial charge in [-0.25, -0.2) is 9.67 Å². The zero-order valence-electron chi connectivity index (χ0n) is 13.0. The first kappa shape index (κ1) is 15.8. The minimum Gasteiger partial charge on any atom is -0.495 e. The van der Waals surface area contributed by atoms with E-state index in [1.54, 1.807) is 18.1 Å². The van der Waals surface area contributed by atoms with Gasteiger partial charge in [0.15, 0.2) is 0 Å². The molecular formula is C15H21N5O2. The topological polar surface area (TPSA) is 81.1 Å². The molecule has 1 aromatic heterocycles. The Hall–Kier alpha value is -2.57. The zero-order valence-corrected chi connectivity index (χ0v) is 13.0. The molecule has 118 valence electrons. The highest BCUT2D eigenvalue weighted by atomic mass is 16.5. The lowest BCUT2D eigenvalue weighted by atomic mass is 10.2. The Morgan fingerprint density at radius 2 is 2.14 bits per heavy atom. The third-order valence-corrected chi connectivity index (χ3v) is 3.51. The lowest BCUT2D eigenvalue weighted by molar-refractivity contribution is -0.120. The van der Waals surface area contributed by atoms with Crippen molar-refractivity contribution in [3.05, 3.63) is 36.9 Å². The number of nitrogens with one attached hydrogen (secondary N) is 2. The van der Waals surface area contributed by atoms with Crippen molar-refractivity contribution >= 4 is 11.6 Å². The molecule has 0 saturated carbocycles. The van der Waals surface area contributed by atoms with E-state index in [1.165, 1.54) is 6.33 Å². The number of benzene rings is 1. The quantitative estimate of drug-likeness (QED) is 0.809. The fraction of sp³-hybridized carbons (Fsp3) is 0.400. The summed E-state index contributed by atoms with van der Waals surface area (Å²) in [5.74, 6) is 0.615. The molecule has 2 aromatic rings. The van der Waals surface area contributed by atoms with Gasteiger partial charge in [0, 0.05) is 6.04 Å². The Morgan fingerprint density at radius 3 is 2.82 bits per heavy atom. The van der Waals surface area contributed by atoms with Crippen LogP contribution in [0, 0.1) is 0 Å². The molecule has 0 fully saturated rings. The molecule has 0 spiro atoms. The molecule has 0 aliphatic carbocycles. The van der Waals surface area contributed by atoms with Crippen molar-refractivity contribution in [3.8, 4) is 5.75 Å². The molecule has 7 heteroatoms. The summed E-state index contributed by atoms with van der Waals surface area (Å²) in [4.78, 5) is 16.0. The van der Waals surface area contributed by atoms with Gasteiger partial charge in [0.25, 0.3) is 0 Å². The maximum atomic E-state index is 12.0. The van der Waals surface area contributed by atoms with E-state index in [9.17, 15) is 4.79 Å². The molecule has 0 bridgehead atoms. The van der Waals surface area contributed by atoms with Crippen molar-refractivity contribution in [2.24, 2.45) is 0 Å². The number of rotatable bonds is 7. The minimum atomic E-state index is -0.0922. The molecule has 0 saturated heterocycles. The molecule has 0 aliphatic rings. The Labute approximate surface area is 129 Å². The van der Waals surface area contributed by atoms with Gasteiger partial charge in [0.05, 0.1) is 25.4 Å². The first-order chi connectivity index (χ1) is 10.6. The summed E-state index contributed by atoms with van der Waals surface area (Å²) >= 11 is 0. The van der Waals surface area contributed by atoms with E-state index in [1.807, 2.05) is 38.1 Å². The van der Waals surface area contributed by atoms with Gasteiger partial charge < -0.3 is 15.4 Å². The van der Waals surface area contributed by atoms with Crippen LogP contribution < -0.4 is 15.4 Å². The molecule has 1 aromatic carbocycles. The predicted octanol–water partition coefficient (Wildman–Crippen LogP) is 1.46. The fourth-order valence-electron chi connectivity index (χ4n) is 2.05. The van der Waals surface area contributed by atoms with Gasteiger partial charge in [-0.15, -0.1) is 0 Å². The van der Waals surface area contributed by atoms with Crippen LogP contribution in [-0.2, 0) is 4.79 Å². The summed E-state index contributed by atoms with van der Waals surface area (Å²) in [6.45, 7) is 4.09. The third-order valence-electron chi connectivity index (χ3n) is 3.51. The molecule has 22 heavy (non-hydrogen) atoms. The van der Waals surface area contributed by atoms with Crippen molar-refractivity contribution in [2.75, 3.05) is 19.0 Å². The Bertz CT molecular complexity index is 600. The van der Waals surface area contributed by atoms with Crippen LogP contribution in [0.5, 0.6) is 5.75 Å². The first-order valence-electron chi connectivity index (χ1n) is 7.12. The average Bonchev–Trinajstić information content (AvgIpc) is 3.06. The van der Waals surface area contributed by atoms with Crippen molar-refractivity contribution in [2.45, 2.75) is 25.9 Å². The maximum absolute atomic E-state index is 12.0. The number of nitrogens with zero attached hydrogens (tertiary/aromatic N) is 3. The standard InChI is InChI=1S/C15H21N5O2/c1-11(12(2)20-10-16-9-18-20)19-15(21)8-17-13-6-4-5-7-14(13)22-3/h4-7,9-12,17H,8H2,1-3H3,(H,19,21)/t11-,12-/m0/s1. The summed E-state index contributed by atoms with van der Waals surface area (Å²) in [7, 11) is 1.60. The summed E-state index contributed by atoms with van der Waals surface area (Å²) in [5, 5.41) is 10.1. The summed E-state index contributed by atoms with van der Waals surface area (Å²) in [6.07, 6.45) is 3.12. The molecule has 0 unspecified atom stereocenters. The molecule has 2 rings (SSSR count). The molecule has 0 radical (unpaired) electrons. The lowest BCUT2D eigenvalue weighted by Gasteiger charge is -2.21. The summed E-state index contributed by atoms with van der Waals surface area (Å²) in [5.41, 5.74) is 0.789. The number of amides is 1. The highest BCUT2D eigenvalue weighted by Crippen LogP contribution is 2.22. The van der Waals surface area contributed by atoms with Crippen LogP contribution in [0.2, 0.25) is 0 Å². The predicted molar refractivity (Wildman–Crippen MR) is 83.8 cm³/mol. The molecule has 1 heterocycles. The van der Waals surface area contributed by atoms with E-state index in [0.29, 0.717) is 5.75 Å². The molecule has 7 nitrogen and oxygen atoms in total. The number of hydrogen-bond donors (Lipinski definition) is 2. The van der Waals surface area contributed by atoms with Crippen LogP contribution in [0.3, 0.4) is 0 Å². The van der Waals surface area contributed by atoms with Crippen molar-refractivity contribution < 1.29 is 9.53 Å². The number of para-hydroxylation sites is 2.